The second kappa shape index (κ2) is 6.84. The minimum absolute atomic E-state index is 0.0434. The van der Waals surface area contributed by atoms with E-state index in [9.17, 15) is 8.42 Å². The van der Waals surface area contributed by atoms with Crippen LogP contribution in [-0.4, -0.2) is 55.4 Å². The molecule has 0 aliphatic carbocycles. The Morgan fingerprint density at radius 3 is 2.50 bits per heavy atom. The highest BCUT2D eigenvalue weighted by Crippen LogP contribution is 2.13. The second-order valence-corrected chi connectivity index (χ2v) is 7.49. The summed E-state index contributed by atoms with van der Waals surface area (Å²) in [6.07, 6.45) is 4.42. The van der Waals surface area contributed by atoms with Gasteiger partial charge in [-0.1, -0.05) is 0 Å². The number of aliphatic hydroxyl groups is 1. The van der Waals surface area contributed by atoms with Crippen LogP contribution in [0.3, 0.4) is 0 Å². The van der Waals surface area contributed by atoms with Crippen LogP contribution in [0, 0.1) is 6.42 Å². The Morgan fingerprint density at radius 2 is 1.94 bits per heavy atom. The lowest BCUT2D eigenvalue weighted by Crippen LogP contribution is -2.44. The van der Waals surface area contributed by atoms with Crippen molar-refractivity contribution in [3.8, 4) is 0 Å². The van der Waals surface area contributed by atoms with Gasteiger partial charge in [0, 0.05) is 18.6 Å². The van der Waals surface area contributed by atoms with Crippen LogP contribution in [0.4, 0.5) is 0 Å². The first-order valence-corrected chi connectivity index (χ1v) is 8.14. The first kappa shape index (κ1) is 15.9. The third-order valence-electron chi connectivity index (χ3n) is 3.14. The monoisotopic (exact) mass is 277 g/mol. The van der Waals surface area contributed by atoms with Gasteiger partial charge in [0.15, 0.2) is 0 Å². The van der Waals surface area contributed by atoms with E-state index in [1.54, 1.807) is 4.31 Å². The number of rotatable bonds is 7. The summed E-state index contributed by atoms with van der Waals surface area (Å²) in [7, 11) is -3.10. The third kappa shape index (κ3) is 5.22. The Hall–Kier alpha value is -0.170. The molecule has 0 aromatic heterocycles. The van der Waals surface area contributed by atoms with E-state index in [-0.39, 0.29) is 17.9 Å². The Balaban J connectivity index is 2.29. The highest BCUT2D eigenvalue weighted by atomic mass is 32.2. The predicted molar refractivity (Wildman–Crippen MR) is 72.7 cm³/mol. The summed E-state index contributed by atoms with van der Waals surface area (Å²) in [5.74, 6) is 0.182. The molecule has 0 aromatic carbocycles. The quantitative estimate of drug-likeness (QED) is 0.660. The molecule has 1 rings (SSSR count). The molecule has 0 amide bonds. The molecular formula is C12H25N2O3S. The number of aliphatic hydroxyl groups excluding tert-OH is 1. The minimum Gasteiger partial charge on any atom is -0.394 e. The highest BCUT2D eigenvalue weighted by molar-refractivity contribution is 7.89. The fourth-order valence-corrected chi connectivity index (χ4v) is 3.41. The SMILES string of the molecule is CC(C)(CO)NCCCS(=O)(=O)N1CC[CH]CC1. The molecule has 107 valence electrons. The summed E-state index contributed by atoms with van der Waals surface area (Å²) in [5.41, 5.74) is -0.343. The van der Waals surface area contributed by atoms with Gasteiger partial charge in [-0.2, -0.15) is 0 Å². The van der Waals surface area contributed by atoms with Crippen molar-refractivity contribution in [2.24, 2.45) is 0 Å². The van der Waals surface area contributed by atoms with Gasteiger partial charge < -0.3 is 10.4 Å². The molecule has 18 heavy (non-hydrogen) atoms. The first-order valence-electron chi connectivity index (χ1n) is 6.53. The van der Waals surface area contributed by atoms with E-state index < -0.39 is 10.0 Å². The molecular weight excluding hydrogens is 252 g/mol. The van der Waals surface area contributed by atoms with E-state index in [0.717, 1.165) is 12.8 Å². The molecule has 1 saturated heterocycles. The molecule has 2 N–H and O–H groups in total. The van der Waals surface area contributed by atoms with Crippen LogP contribution in [0.25, 0.3) is 0 Å². The van der Waals surface area contributed by atoms with Crippen LogP contribution < -0.4 is 5.32 Å². The molecule has 1 aliphatic heterocycles. The first-order chi connectivity index (χ1) is 8.37. The van der Waals surface area contributed by atoms with Gasteiger partial charge in [0.2, 0.25) is 10.0 Å². The van der Waals surface area contributed by atoms with Gasteiger partial charge >= 0.3 is 0 Å². The predicted octanol–water partition coefficient (Wildman–Crippen LogP) is 0.367. The number of nitrogens with one attached hydrogen (secondary N) is 1. The summed E-state index contributed by atoms with van der Waals surface area (Å²) in [5, 5.41) is 12.2. The summed E-state index contributed by atoms with van der Waals surface area (Å²) in [4.78, 5) is 0. The summed E-state index contributed by atoms with van der Waals surface area (Å²) in [6, 6.07) is 0. The van der Waals surface area contributed by atoms with Crippen LogP contribution in [0.1, 0.15) is 33.1 Å². The Labute approximate surface area is 111 Å². The van der Waals surface area contributed by atoms with E-state index in [4.69, 9.17) is 5.11 Å². The Kier molecular flexibility index (Phi) is 6.04. The van der Waals surface area contributed by atoms with Crippen LogP contribution in [-0.2, 0) is 10.0 Å². The van der Waals surface area contributed by atoms with Crippen molar-refractivity contribution in [1.29, 1.82) is 0 Å². The topological polar surface area (TPSA) is 69.6 Å². The van der Waals surface area contributed by atoms with Gasteiger partial charge in [0.25, 0.3) is 0 Å². The molecule has 1 fully saturated rings. The fourth-order valence-electron chi connectivity index (χ4n) is 1.87. The molecule has 0 saturated carbocycles. The van der Waals surface area contributed by atoms with Crippen molar-refractivity contribution in [3.05, 3.63) is 6.42 Å². The van der Waals surface area contributed by atoms with E-state index in [1.165, 1.54) is 0 Å². The molecule has 1 radical (unpaired) electrons. The number of piperidine rings is 1. The van der Waals surface area contributed by atoms with Crippen molar-refractivity contribution >= 4 is 10.0 Å². The fraction of sp³-hybridized carbons (Fsp3) is 0.917. The maximum absolute atomic E-state index is 12.0. The zero-order valence-corrected chi connectivity index (χ0v) is 12.2. The Bertz CT molecular complexity index is 335. The second-order valence-electron chi connectivity index (χ2n) is 5.40. The summed E-state index contributed by atoms with van der Waals surface area (Å²) in [6.45, 7) is 5.67. The van der Waals surface area contributed by atoms with E-state index in [1.807, 2.05) is 13.8 Å². The summed E-state index contributed by atoms with van der Waals surface area (Å²) < 4.78 is 25.6. The molecule has 0 aromatic rings. The van der Waals surface area contributed by atoms with Crippen LogP contribution in [0.15, 0.2) is 0 Å². The van der Waals surface area contributed by atoms with Gasteiger partial charge in [-0.05, 0) is 46.1 Å². The van der Waals surface area contributed by atoms with Crippen LogP contribution >= 0.6 is 0 Å². The van der Waals surface area contributed by atoms with Gasteiger partial charge in [-0.3, -0.25) is 0 Å². The molecule has 0 bridgehead atoms. The lowest BCUT2D eigenvalue weighted by Gasteiger charge is -2.26. The van der Waals surface area contributed by atoms with Crippen LogP contribution in [0.2, 0.25) is 0 Å². The maximum Gasteiger partial charge on any atom is 0.214 e. The van der Waals surface area contributed by atoms with Crippen molar-refractivity contribution in [2.45, 2.75) is 38.6 Å². The molecule has 0 unspecified atom stereocenters. The van der Waals surface area contributed by atoms with E-state index in [2.05, 4.69) is 11.7 Å². The zero-order valence-electron chi connectivity index (χ0n) is 11.4. The Morgan fingerprint density at radius 1 is 1.33 bits per heavy atom. The van der Waals surface area contributed by atoms with Gasteiger partial charge in [-0.25, -0.2) is 12.7 Å². The molecule has 0 spiro atoms. The van der Waals surface area contributed by atoms with Crippen molar-refractivity contribution in [2.75, 3.05) is 32.0 Å². The minimum atomic E-state index is -3.10. The average Bonchev–Trinajstić information content (AvgIpc) is 2.36. The average molecular weight is 277 g/mol. The normalized spacial score (nSPS) is 19.1. The molecule has 1 aliphatic rings. The third-order valence-corrected chi connectivity index (χ3v) is 5.09. The van der Waals surface area contributed by atoms with Gasteiger partial charge in [-0.15, -0.1) is 0 Å². The highest BCUT2D eigenvalue weighted by Gasteiger charge is 2.23. The van der Waals surface area contributed by atoms with Crippen LogP contribution in [0.5, 0.6) is 0 Å². The number of sulfonamides is 1. The maximum atomic E-state index is 12.0. The molecule has 0 atom stereocenters. The number of nitrogens with zero attached hydrogens (tertiary/aromatic N) is 1. The number of hydrogen-bond acceptors (Lipinski definition) is 4. The standard InChI is InChI=1S/C12H25N2O3S/c1-12(2,11-15)13-7-6-10-18(16,17)14-8-4-3-5-9-14/h3,13,15H,4-11H2,1-2H3. The van der Waals surface area contributed by atoms with Gasteiger partial charge in [0.1, 0.15) is 0 Å². The van der Waals surface area contributed by atoms with E-state index in [0.29, 0.717) is 26.1 Å². The largest absolute Gasteiger partial charge is 0.394 e. The van der Waals surface area contributed by atoms with Crippen molar-refractivity contribution < 1.29 is 13.5 Å². The lowest BCUT2D eigenvalue weighted by molar-refractivity contribution is 0.189. The van der Waals surface area contributed by atoms with Crippen molar-refractivity contribution in [3.63, 3.8) is 0 Å². The van der Waals surface area contributed by atoms with Crippen molar-refractivity contribution in [1.82, 2.24) is 9.62 Å². The smallest absolute Gasteiger partial charge is 0.214 e. The van der Waals surface area contributed by atoms with Gasteiger partial charge in [0.05, 0.1) is 12.4 Å². The summed E-state index contributed by atoms with van der Waals surface area (Å²) >= 11 is 0. The molecule has 6 heteroatoms. The van der Waals surface area contributed by atoms with E-state index >= 15 is 0 Å². The lowest BCUT2D eigenvalue weighted by atomic mass is 10.1. The number of hydrogen-bond donors (Lipinski definition) is 2. The molecule has 5 nitrogen and oxygen atoms in total. The zero-order chi connectivity index (χ0) is 13.6. The molecule has 1 heterocycles.